The van der Waals surface area contributed by atoms with Crippen molar-refractivity contribution in [2.24, 2.45) is 0 Å². The lowest BCUT2D eigenvalue weighted by Gasteiger charge is -2.34. The number of nitrogens with one attached hydrogen (secondary N) is 1. The number of hydrogen-bond donors (Lipinski definition) is 1. The van der Waals surface area contributed by atoms with Gasteiger partial charge in [-0.25, -0.2) is 4.39 Å². The minimum absolute atomic E-state index is 0.00139. The fraction of sp³-hybridized carbons (Fsp3) is 0.381. The molecular weight excluding hydrogens is 377 g/mol. The highest BCUT2D eigenvalue weighted by Crippen LogP contribution is 2.22. The highest BCUT2D eigenvalue weighted by atomic mass is 32.2. The third kappa shape index (κ3) is 5.70. The molecule has 0 atom stereocenters. The SMILES string of the molecule is COc1ccc(F)cc1CN1CCN(CC(=O)Nc2cccc(SC)c2)CC1. The molecule has 0 aliphatic carbocycles. The third-order valence-electron chi connectivity index (χ3n) is 4.82. The minimum Gasteiger partial charge on any atom is -0.496 e. The summed E-state index contributed by atoms with van der Waals surface area (Å²) in [7, 11) is 1.60. The largest absolute Gasteiger partial charge is 0.496 e. The van der Waals surface area contributed by atoms with Gasteiger partial charge in [-0.15, -0.1) is 11.8 Å². The fourth-order valence-corrected chi connectivity index (χ4v) is 3.78. The van der Waals surface area contributed by atoms with Crippen molar-refractivity contribution in [1.29, 1.82) is 0 Å². The zero-order valence-corrected chi connectivity index (χ0v) is 17.1. The molecule has 1 amide bonds. The van der Waals surface area contributed by atoms with E-state index < -0.39 is 0 Å². The van der Waals surface area contributed by atoms with Crippen LogP contribution in [0.3, 0.4) is 0 Å². The Morgan fingerprint density at radius 2 is 1.89 bits per heavy atom. The van der Waals surface area contributed by atoms with Crippen LogP contribution in [0.4, 0.5) is 10.1 Å². The lowest BCUT2D eigenvalue weighted by atomic mass is 10.1. The van der Waals surface area contributed by atoms with Gasteiger partial charge in [0.15, 0.2) is 0 Å². The van der Waals surface area contributed by atoms with Crippen LogP contribution in [0.5, 0.6) is 5.75 Å². The van der Waals surface area contributed by atoms with E-state index >= 15 is 0 Å². The molecule has 1 N–H and O–H groups in total. The van der Waals surface area contributed by atoms with E-state index in [2.05, 4.69) is 15.1 Å². The summed E-state index contributed by atoms with van der Waals surface area (Å²) in [5, 5.41) is 2.97. The van der Waals surface area contributed by atoms with Gasteiger partial charge in [0.2, 0.25) is 5.91 Å². The van der Waals surface area contributed by atoms with E-state index in [9.17, 15) is 9.18 Å². The highest BCUT2D eigenvalue weighted by Gasteiger charge is 2.20. The summed E-state index contributed by atoms with van der Waals surface area (Å²) in [5.41, 5.74) is 1.68. The minimum atomic E-state index is -0.253. The number of halogens is 1. The Hall–Kier alpha value is -2.09. The molecule has 2 aromatic rings. The second-order valence-electron chi connectivity index (χ2n) is 6.79. The van der Waals surface area contributed by atoms with Crippen LogP contribution >= 0.6 is 11.8 Å². The molecule has 0 aromatic heterocycles. The number of methoxy groups -OCH3 is 1. The molecule has 0 radical (unpaired) electrons. The summed E-state index contributed by atoms with van der Waals surface area (Å²) in [6.45, 7) is 4.28. The van der Waals surface area contributed by atoms with Crippen LogP contribution in [-0.4, -0.2) is 61.8 Å². The molecule has 1 aliphatic heterocycles. The first-order chi connectivity index (χ1) is 13.6. The Kier molecular flexibility index (Phi) is 7.30. The second-order valence-corrected chi connectivity index (χ2v) is 7.67. The summed E-state index contributed by atoms with van der Waals surface area (Å²) in [6.07, 6.45) is 2.01. The number of ether oxygens (including phenoxy) is 1. The molecule has 7 heteroatoms. The van der Waals surface area contributed by atoms with E-state index in [1.54, 1.807) is 24.9 Å². The highest BCUT2D eigenvalue weighted by molar-refractivity contribution is 7.98. The van der Waals surface area contributed by atoms with E-state index in [4.69, 9.17) is 4.74 Å². The van der Waals surface area contributed by atoms with Gasteiger partial charge in [0, 0.05) is 48.9 Å². The summed E-state index contributed by atoms with van der Waals surface area (Å²) >= 11 is 1.65. The Morgan fingerprint density at radius 3 is 2.61 bits per heavy atom. The van der Waals surface area contributed by atoms with Gasteiger partial charge in [0.05, 0.1) is 13.7 Å². The van der Waals surface area contributed by atoms with Crippen molar-refractivity contribution in [2.45, 2.75) is 11.4 Å². The van der Waals surface area contributed by atoms with Crippen molar-refractivity contribution in [1.82, 2.24) is 9.80 Å². The number of thioether (sulfide) groups is 1. The van der Waals surface area contributed by atoms with Crippen LogP contribution in [0.25, 0.3) is 0 Å². The van der Waals surface area contributed by atoms with Crippen molar-refractivity contribution < 1.29 is 13.9 Å². The van der Waals surface area contributed by atoms with Crippen molar-refractivity contribution >= 4 is 23.4 Å². The average Bonchev–Trinajstić information content (AvgIpc) is 2.70. The predicted molar refractivity (Wildman–Crippen MR) is 112 cm³/mol. The van der Waals surface area contributed by atoms with Gasteiger partial charge in [0.1, 0.15) is 11.6 Å². The number of carbonyl (C=O) groups is 1. The first-order valence-electron chi connectivity index (χ1n) is 9.28. The molecular formula is C21H26FN3O2S. The molecule has 1 saturated heterocycles. The van der Waals surface area contributed by atoms with E-state index in [1.807, 2.05) is 30.5 Å². The number of hydrogen-bond acceptors (Lipinski definition) is 5. The number of anilines is 1. The fourth-order valence-electron chi connectivity index (χ4n) is 3.32. The third-order valence-corrected chi connectivity index (χ3v) is 5.55. The average molecular weight is 404 g/mol. The summed E-state index contributed by atoms with van der Waals surface area (Å²) < 4.78 is 18.9. The standard InChI is InChI=1S/C21H26FN3O2S/c1-27-20-7-6-17(22)12-16(20)14-24-8-10-25(11-9-24)15-21(26)23-18-4-3-5-19(13-18)28-2/h3-7,12-13H,8-11,14-15H2,1-2H3,(H,23,26). The lowest BCUT2D eigenvalue weighted by molar-refractivity contribution is -0.117. The van der Waals surface area contributed by atoms with Crippen molar-refractivity contribution in [3.8, 4) is 5.75 Å². The van der Waals surface area contributed by atoms with Crippen molar-refractivity contribution in [3.05, 3.63) is 53.8 Å². The second kappa shape index (κ2) is 9.91. The van der Waals surface area contributed by atoms with Gasteiger partial charge in [-0.1, -0.05) is 6.07 Å². The first-order valence-corrected chi connectivity index (χ1v) is 10.5. The molecule has 1 fully saturated rings. The first kappa shape index (κ1) is 20.6. The van der Waals surface area contributed by atoms with Crippen LogP contribution in [0.15, 0.2) is 47.4 Å². The quantitative estimate of drug-likeness (QED) is 0.719. The maximum Gasteiger partial charge on any atom is 0.238 e. The predicted octanol–water partition coefficient (Wildman–Crippen LogP) is 3.31. The Balaban J connectivity index is 1.47. The van der Waals surface area contributed by atoms with Gasteiger partial charge in [-0.2, -0.15) is 0 Å². The van der Waals surface area contributed by atoms with Crippen molar-refractivity contribution in [2.75, 3.05) is 51.4 Å². The van der Waals surface area contributed by atoms with Crippen LogP contribution in [0, 0.1) is 5.82 Å². The van der Waals surface area contributed by atoms with Crippen LogP contribution in [0.1, 0.15) is 5.56 Å². The number of piperazine rings is 1. The van der Waals surface area contributed by atoms with Crippen LogP contribution in [0.2, 0.25) is 0 Å². The zero-order valence-electron chi connectivity index (χ0n) is 16.3. The van der Waals surface area contributed by atoms with Gasteiger partial charge < -0.3 is 10.1 Å². The topological polar surface area (TPSA) is 44.8 Å². The molecule has 28 heavy (non-hydrogen) atoms. The van der Waals surface area contributed by atoms with Gasteiger partial charge in [0.25, 0.3) is 0 Å². The van der Waals surface area contributed by atoms with Gasteiger partial charge in [-0.05, 0) is 42.7 Å². The van der Waals surface area contributed by atoms with E-state index in [0.717, 1.165) is 42.3 Å². The molecule has 0 saturated carbocycles. The number of rotatable bonds is 7. The molecule has 150 valence electrons. The van der Waals surface area contributed by atoms with Gasteiger partial charge in [-0.3, -0.25) is 14.6 Å². The normalized spacial score (nSPS) is 15.4. The number of amides is 1. The molecule has 1 heterocycles. The van der Waals surface area contributed by atoms with E-state index in [1.165, 1.54) is 12.1 Å². The number of carbonyl (C=O) groups excluding carboxylic acids is 1. The number of nitrogens with zero attached hydrogens (tertiary/aromatic N) is 2. The molecule has 0 unspecified atom stereocenters. The maximum absolute atomic E-state index is 13.5. The van der Waals surface area contributed by atoms with Crippen LogP contribution in [-0.2, 0) is 11.3 Å². The summed E-state index contributed by atoms with van der Waals surface area (Å²) in [4.78, 5) is 17.9. The molecule has 1 aliphatic rings. The lowest BCUT2D eigenvalue weighted by Crippen LogP contribution is -2.48. The van der Waals surface area contributed by atoms with Crippen molar-refractivity contribution in [3.63, 3.8) is 0 Å². The molecule has 0 spiro atoms. The Labute approximate surface area is 169 Å². The smallest absolute Gasteiger partial charge is 0.238 e. The molecule has 5 nitrogen and oxygen atoms in total. The zero-order chi connectivity index (χ0) is 19.9. The Morgan fingerprint density at radius 1 is 1.14 bits per heavy atom. The molecule has 0 bridgehead atoms. The maximum atomic E-state index is 13.5. The van der Waals surface area contributed by atoms with E-state index in [0.29, 0.717) is 18.8 Å². The van der Waals surface area contributed by atoms with E-state index in [-0.39, 0.29) is 11.7 Å². The summed E-state index contributed by atoms with van der Waals surface area (Å²) in [6, 6.07) is 12.5. The Bertz CT molecular complexity index is 810. The monoisotopic (exact) mass is 403 g/mol. The summed E-state index contributed by atoms with van der Waals surface area (Å²) in [5.74, 6) is 0.450. The van der Waals surface area contributed by atoms with Crippen LogP contribution < -0.4 is 10.1 Å². The molecule has 3 rings (SSSR count). The number of benzene rings is 2. The van der Waals surface area contributed by atoms with Gasteiger partial charge >= 0.3 is 0 Å². The molecule has 2 aromatic carbocycles.